The Hall–Kier alpha value is -1.61. The van der Waals surface area contributed by atoms with Crippen LogP contribution in [-0.4, -0.2) is 41.2 Å². The number of benzene rings is 1. The number of guanidine groups is 1. The molecule has 1 aromatic heterocycles. The Morgan fingerprint density at radius 2 is 2.15 bits per heavy atom. The van der Waals surface area contributed by atoms with Gasteiger partial charge in [-0.2, -0.15) is 0 Å². The Morgan fingerprint density at radius 3 is 2.73 bits per heavy atom. The van der Waals surface area contributed by atoms with Crippen LogP contribution in [0, 0.1) is 0 Å². The Balaban J connectivity index is 0.00000338. The number of rotatable bonds is 6. The number of phenols is 1. The van der Waals surface area contributed by atoms with Crippen molar-refractivity contribution in [2.75, 3.05) is 20.7 Å². The molecular weight excluding hydrogens is 467 g/mol. The highest BCUT2D eigenvalue weighted by Gasteiger charge is 2.11. The predicted molar refractivity (Wildman–Crippen MR) is 117 cm³/mol. The second-order valence-electron chi connectivity index (χ2n) is 5.75. The minimum Gasteiger partial charge on any atom is -0.504 e. The summed E-state index contributed by atoms with van der Waals surface area (Å²) in [5.41, 5.74) is 1.80. The molecule has 2 N–H and O–H groups in total. The van der Waals surface area contributed by atoms with E-state index in [9.17, 15) is 5.11 Å². The van der Waals surface area contributed by atoms with Gasteiger partial charge >= 0.3 is 0 Å². The maximum Gasteiger partial charge on any atom is 0.194 e. The second-order valence-corrected chi connectivity index (χ2v) is 6.19. The monoisotopic (exact) mass is 492 g/mol. The number of aromatic hydroxyl groups is 1. The number of aliphatic imine (C=N–C) groups is 1. The van der Waals surface area contributed by atoms with Gasteiger partial charge in [0.15, 0.2) is 17.5 Å². The molecule has 2 aromatic rings. The van der Waals surface area contributed by atoms with Crippen LogP contribution < -0.4 is 10.1 Å². The molecule has 0 saturated heterocycles. The van der Waals surface area contributed by atoms with Gasteiger partial charge in [0.05, 0.1) is 25.2 Å². The molecule has 0 saturated carbocycles. The molecule has 0 aliphatic carbocycles. The highest BCUT2D eigenvalue weighted by molar-refractivity contribution is 14.0. The van der Waals surface area contributed by atoms with Crippen molar-refractivity contribution in [3.63, 3.8) is 0 Å². The summed E-state index contributed by atoms with van der Waals surface area (Å²) in [4.78, 5) is 6.65. The third-order valence-electron chi connectivity index (χ3n) is 3.87. The summed E-state index contributed by atoms with van der Waals surface area (Å²) in [6.07, 6.45) is 1.88. The van der Waals surface area contributed by atoms with Crippen molar-refractivity contribution in [3.05, 3.63) is 46.7 Å². The molecule has 0 fully saturated rings. The van der Waals surface area contributed by atoms with E-state index in [1.54, 1.807) is 6.07 Å². The molecule has 1 heterocycles. The third kappa shape index (κ3) is 5.70. The van der Waals surface area contributed by atoms with E-state index in [2.05, 4.69) is 10.3 Å². The van der Waals surface area contributed by atoms with Crippen LogP contribution in [0.15, 0.2) is 35.5 Å². The van der Waals surface area contributed by atoms with E-state index in [-0.39, 0.29) is 29.7 Å². The average Bonchev–Trinajstić information content (AvgIpc) is 2.89. The standard InChI is InChI=1S/C18H25ClN4O2.HI/c1-5-20-18(23(3)12-15-9-14(19)11-22(15)2)21-10-13-7-6-8-16(25-4)17(13)24;/h6-9,11,24H,5,10,12H2,1-4H3,(H,20,21);1H. The maximum absolute atomic E-state index is 10.2. The van der Waals surface area contributed by atoms with Gasteiger partial charge < -0.3 is 24.6 Å². The summed E-state index contributed by atoms with van der Waals surface area (Å²) in [6, 6.07) is 7.34. The maximum atomic E-state index is 10.2. The van der Waals surface area contributed by atoms with Crippen LogP contribution in [-0.2, 0) is 20.1 Å². The van der Waals surface area contributed by atoms with Gasteiger partial charge in [0.25, 0.3) is 0 Å². The van der Waals surface area contributed by atoms with Crippen LogP contribution in [0.3, 0.4) is 0 Å². The molecule has 0 unspecified atom stereocenters. The molecule has 1 aromatic carbocycles. The van der Waals surface area contributed by atoms with E-state index in [0.717, 1.165) is 18.2 Å². The summed E-state index contributed by atoms with van der Waals surface area (Å²) in [5, 5.41) is 14.2. The number of halogens is 2. The molecule has 0 spiro atoms. The van der Waals surface area contributed by atoms with E-state index in [1.165, 1.54) is 7.11 Å². The fraction of sp³-hybridized carbons (Fsp3) is 0.389. The zero-order valence-corrected chi connectivity index (χ0v) is 18.6. The summed E-state index contributed by atoms with van der Waals surface area (Å²) < 4.78 is 7.14. The summed E-state index contributed by atoms with van der Waals surface area (Å²) in [7, 11) is 5.46. The van der Waals surface area contributed by atoms with Gasteiger partial charge in [-0.1, -0.05) is 23.7 Å². The molecule has 144 valence electrons. The number of phenolic OH excluding ortho intramolecular Hbond substituents is 1. The Bertz CT molecular complexity index is 749. The van der Waals surface area contributed by atoms with Crippen molar-refractivity contribution in [1.29, 1.82) is 0 Å². The third-order valence-corrected chi connectivity index (χ3v) is 4.08. The van der Waals surface area contributed by atoms with E-state index in [0.29, 0.717) is 29.4 Å². The number of aryl methyl sites for hydroxylation is 1. The van der Waals surface area contributed by atoms with Gasteiger partial charge in [-0.25, -0.2) is 4.99 Å². The van der Waals surface area contributed by atoms with Crippen LogP contribution in [0.25, 0.3) is 0 Å². The summed E-state index contributed by atoms with van der Waals surface area (Å²) >= 11 is 6.05. The number of nitrogens with one attached hydrogen (secondary N) is 1. The van der Waals surface area contributed by atoms with Crippen LogP contribution in [0.2, 0.25) is 5.02 Å². The molecule has 26 heavy (non-hydrogen) atoms. The smallest absolute Gasteiger partial charge is 0.194 e. The van der Waals surface area contributed by atoms with E-state index < -0.39 is 0 Å². The minimum atomic E-state index is 0. The molecule has 0 radical (unpaired) electrons. The van der Waals surface area contributed by atoms with Gasteiger partial charge in [0.1, 0.15) is 0 Å². The molecular formula is C18H26ClIN4O2. The molecule has 0 bridgehead atoms. The van der Waals surface area contributed by atoms with Crippen molar-refractivity contribution in [3.8, 4) is 11.5 Å². The van der Waals surface area contributed by atoms with E-state index in [1.807, 2.05) is 54.9 Å². The lowest BCUT2D eigenvalue weighted by atomic mass is 10.2. The molecule has 0 atom stereocenters. The lowest BCUT2D eigenvalue weighted by Gasteiger charge is -2.22. The van der Waals surface area contributed by atoms with Gasteiger partial charge in [0.2, 0.25) is 0 Å². The zero-order valence-electron chi connectivity index (χ0n) is 15.5. The summed E-state index contributed by atoms with van der Waals surface area (Å²) in [5.74, 6) is 1.33. The van der Waals surface area contributed by atoms with Crippen molar-refractivity contribution >= 4 is 41.5 Å². The van der Waals surface area contributed by atoms with Crippen LogP contribution in [0.1, 0.15) is 18.2 Å². The molecule has 2 rings (SSSR count). The van der Waals surface area contributed by atoms with E-state index in [4.69, 9.17) is 16.3 Å². The first-order valence-corrected chi connectivity index (χ1v) is 8.49. The van der Waals surface area contributed by atoms with Gasteiger partial charge in [-0.05, 0) is 19.1 Å². The number of aromatic nitrogens is 1. The number of methoxy groups -OCH3 is 1. The lowest BCUT2D eigenvalue weighted by Crippen LogP contribution is -2.38. The largest absolute Gasteiger partial charge is 0.504 e. The van der Waals surface area contributed by atoms with Crippen molar-refractivity contribution in [2.45, 2.75) is 20.0 Å². The molecule has 0 aliphatic rings. The Kier molecular flexibility index (Phi) is 9.07. The lowest BCUT2D eigenvalue weighted by molar-refractivity contribution is 0.370. The van der Waals surface area contributed by atoms with Crippen molar-refractivity contribution in [2.24, 2.45) is 12.0 Å². The quantitative estimate of drug-likeness (QED) is 0.367. The number of nitrogens with zero attached hydrogens (tertiary/aromatic N) is 3. The van der Waals surface area contributed by atoms with Gasteiger partial charge in [-0.15, -0.1) is 24.0 Å². The van der Waals surface area contributed by atoms with Crippen molar-refractivity contribution in [1.82, 2.24) is 14.8 Å². The normalized spacial score (nSPS) is 11.0. The first-order chi connectivity index (χ1) is 12.0. The molecule has 0 amide bonds. The first-order valence-electron chi connectivity index (χ1n) is 8.11. The first kappa shape index (κ1) is 22.4. The highest BCUT2D eigenvalue weighted by Crippen LogP contribution is 2.29. The topological polar surface area (TPSA) is 62.0 Å². The van der Waals surface area contributed by atoms with Crippen molar-refractivity contribution < 1.29 is 9.84 Å². The van der Waals surface area contributed by atoms with Crippen LogP contribution in [0.5, 0.6) is 11.5 Å². The number of ether oxygens (including phenoxy) is 1. The second kappa shape index (κ2) is 10.5. The average molecular weight is 493 g/mol. The predicted octanol–water partition coefficient (Wildman–Crippen LogP) is 3.61. The molecule has 6 nitrogen and oxygen atoms in total. The minimum absolute atomic E-state index is 0. The number of hydrogen-bond donors (Lipinski definition) is 2. The fourth-order valence-electron chi connectivity index (χ4n) is 2.53. The van der Waals surface area contributed by atoms with Gasteiger partial charge in [-0.3, -0.25) is 0 Å². The zero-order chi connectivity index (χ0) is 18.4. The Labute approximate surface area is 176 Å². The van der Waals surface area contributed by atoms with E-state index >= 15 is 0 Å². The van der Waals surface area contributed by atoms with Gasteiger partial charge in [0, 0.05) is 38.1 Å². The number of para-hydroxylation sites is 1. The van der Waals surface area contributed by atoms with Crippen LogP contribution >= 0.6 is 35.6 Å². The summed E-state index contributed by atoms with van der Waals surface area (Å²) in [6.45, 7) is 3.79. The highest BCUT2D eigenvalue weighted by atomic mass is 127. The fourth-order valence-corrected chi connectivity index (χ4v) is 2.80. The molecule has 8 heteroatoms. The number of hydrogen-bond acceptors (Lipinski definition) is 3. The van der Waals surface area contributed by atoms with Crippen LogP contribution in [0.4, 0.5) is 0 Å². The Morgan fingerprint density at radius 1 is 1.42 bits per heavy atom. The molecule has 0 aliphatic heterocycles. The SMILES string of the molecule is CCNC(=NCc1cccc(OC)c1O)N(C)Cc1cc(Cl)cn1C.I.